The number of carbonyl (C=O) groups is 4. The van der Waals surface area contributed by atoms with Crippen molar-refractivity contribution in [3.05, 3.63) is 92.1 Å². The quantitative estimate of drug-likeness (QED) is 0.0439. The summed E-state index contributed by atoms with van der Waals surface area (Å²) in [6.07, 6.45) is 6.49. The van der Waals surface area contributed by atoms with Crippen molar-refractivity contribution in [1.29, 1.82) is 0 Å². The molecule has 0 radical (unpaired) electrons. The zero-order valence-electron chi connectivity index (χ0n) is 45.6. The zero-order chi connectivity index (χ0) is 53.8. The molecule has 3 aromatic rings. The first kappa shape index (κ1) is 62.5. The molecule has 3 aliphatic rings. The summed E-state index contributed by atoms with van der Waals surface area (Å²) in [5, 5.41) is 18.8. The molecule has 0 bridgehead atoms. The van der Waals surface area contributed by atoms with Gasteiger partial charge in [0.25, 0.3) is 0 Å². The first-order chi connectivity index (χ1) is 34.8. The largest absolute Gasteiger partial charge is 0.507 e. The van der Waals surface area contributed by atoms with Gasteiger partial charge in [-0.2, -0.15) is 0 Å². The number of nitrogens with zero attached hydrogens (tertiary/aromatic N) is 2. The summed E-state index contributed by atoms with van der Waals surface area (Å²) in [5.74, 6) is -0.513. The number of ether oxygens (including phenoxy) is 7. The van der Waals surface area contributed by atoms with E-state index in [4.69, 9.17) is 33.2 Å². The summed E-state index contributed by atoms with van der Waals surface area (Å²) in [6, 6.07) is 12.8. The molecule has 3 atom stereocenters. The van der Waals surface area contributed by atoms with E-state index in [0.717, 1.165) is 52.9 Å². The van der Waals surface area contributed by atoms with Gasteiger partial charge in [0, 0.05) is 29.7 Å². The lowest BCUT2D eigenvalue weighted by Crippen LogP contribution is -2.43. The van der Waals surface area contributed by atoms with Crippen LogP contribution in [0.25, 0.3) is 5.57 Å². The minimum Gasteiger partial charge on any atom is -0.507 e. The number of aromatic nitrogens is 1. The van der Waals surface area contributed by atoms with E-state index in [9.17, 15) is 24.3 Å². The molecule has 3 amide bonds. The number of aliphatic hydroxyl groups is 1. The molecule has 1 spiro atoms. The molecule has 1 saturated carbocycles. The summed E-state index contributed by atoms with van der Waals surface area (Å²) in [4.78, 5) is 50.9. The Morgan fingerprint density at radius 1 is 0.849 bits per heavy atom. The molecule has 3 unspecified atom stereocenters. The van der Waals surface area contributed by atoms with Crippen molar-refractivity contribution in [3.8, 4) is 0 Å². The van der Waals surface area contributed by atoms with E-state index in [0.29, 0.717) is 103 Å². The van der Waals surface area contributed by atoms with E-state index < -0.39 is 11.6 Å². The van der Waals surface area contributed by atoms with E-state index in [1.54, 1.807) is 11.3 Å². The molecule has 408 valence electrons. The van der Waals surface area contributed by atoms with Gasteiger partial charge < -0.3 is 53.8 Å². The molecule has 3 heterocycles. The number of esters is 1. The van der Waals surface area contributed by atoms with Gasteiger partial charge in [0.05, 0.1) is 83.7 Å². The van der Waals surface area contributed by atoms with Gasteiger partial charge in [0.1, 0.15) is 12.2 Å². The van der Waals surface area contributed by atoms with Gasteiger partial charge in [-0.05, 0) is 122 Å². The predicted octanol–water partition coefficient (Wildman–Crippen LogP) is 8.65. The van der Waals surface area contributed by atoms with Crippen LogP contribution in [0.5, 0.6) is 0 Å². The maximum Gasteiger partial charge on any atom is 0.343 e. The Kier molecular flexibility index (Phi) is 28.5. The van der Waals surface area contributed by atoms with E-state index >= 15 is 0 Å². The fourth-order valence-electron chi connectivity index (χ4n) is 8.22. The summed E-state index contributed by atoms with van der Waals surface area (Å²) in [7, 11) is 0. The highest BCUT2D eigenvalue weighted by molar-refractivity contribution is 7.07. The Morgan fingerprint density at radius 3 is 1.84 bits per heavy atom. The van der Waals surface area contributed by atoms with Crippen LogP contribution in [0.15, 0.2) is 53.0 Å². The van der Waals surface area contributed by atoms with Gasteiger partial charge in [-0.3, -0.25) is 19.4 Å². The number of likely N-dealkylation sites (tertiary alicyclic amines) is 1. The fourth-order valence-corrected chi connectivity index (χ4v) is 8.76. The number of hydrogen-bond acceptors (Lipinski definition) is 14. The average molecular weight is 1040 g/mol. The van der Waals surface area contributed by atoms with Gasteiger partial charge in [-0.15, -0.1) is 11.3 Å². The SMILES string of the molecule is CC1CCCN1C=O.Cc1cc(C)c(C2=C(O)C3(CCC(OCCOCCOCCOCCOCCOCC(=O)NC(C)C(C)(C)C)CC3)OC2=O)c(C)c1.Cc1ccc(C(C)NC=O)cc1.Cc1cscn1. The molecule has 2 aromatic carbocycles. The number of benzene rings is 2. The highest BCUT2D eigenvalue weighted by Crippen LogP contribution is 2.47. The summed E-state index contributed by atoms with van der Waals surface area (Å²) in [6.45, 7) is 27.6. The van der Waals surface area contributed by atoms with Crippen LogP contribution in [-0.2, 0) is 52.3 Å². The second-order valence-corrected chi connectivity index (χ2v) is 20.7. The van der Waals surface area contributed by atoms with Crippen LogP contribution in [0.4, 0.5) is 0 Å². The van der Waals surface area contributed by atoms with Gasteiger partial charge in [-0.25, -0.2) is 4.79 Å². The smallest absolute Gasteiger partial charge is 0.343 e. The molecule has 1 saturated heterocycles. The third-order valence-corrected chi connectivity index (χ3v) is 13.7. The highest BCUT2D eigenvalue weighted by Gasteiger charge is 2.51. The van der Waals surface area contributed by atoms with E-state index in [2.05, 4.69) is 43.3 Å². The second-order valence-electron chi connectivity index (χ2n) is 20.0. The number of amides is 3. The highest BCUT2D eigenvalue weighted by atomic mass is 32.1. The van der Waals surface area contributed by atoms with Crippen molar-refractivity contribution in [2.24, 2.45) is 5.41 Å². The van der Waals surface area contributed by atoms with E-state index in [1.807, 2.05) is 101 Å². The molecule has 2 fully saturated rings. The van der Waals surface area contributed by atoms with E-state index in [1.165, 1.54) is 18.4 Å². The number of aryl methyl sites for hydroxylation is 5. The minimum atomic E-state index is -0.957. The topological polar surface area (TPSA) is 193 Å². The Labute approximate surface area is 439 Å². The lowest BCUT2D eigenvalue weighted by atomic mass is 9.80. The molecule has 73 heavy (non-hydrogen) atoms. The number of rotatable bonds is 24. The van der Waals surface area contributed by atoms with Crippen LogP contribution in [0.2, 0.25) is 0 Å². The molecule has 17 heteroatoms. The van der Waals surface area contributed by atoms with Crippen LogP contribution >= 0.6 is 11.3 Å². The molecule has 3 N–H and O–H groups in total. The van der Waals surface area contributed by atoms with Crippen molar-refractivity contribution < 1.29 is 57.4 Å². The van der Waals surface area contributed by atoms with Crippen molar-refractivity contribution in [3.63, 3.8) is 0 Å². The monoisotopic (exact) mass is 1040 g/mol. The summed E-state index contributed by atoms with van der Waals surface area (Å²) in [5.41, 5.74) is 8.46. The molecular weight excluding hydrogens is 953 g/mol. The van der Waals surface area contributed by atoms with Crippen LogP contribution in [-0.4, -0.2) is 143 Å². The van der Waals surface area contributed by atoms with Crippen LogP contribution in [0.3, 0.4) is 0 Å². The Hall–Kier alpha value is -4.75. The number of hydrogen-bond donors (Lipinski definition) is 3. The zero-order valence-corrected chi connectivity index (χ0v) is 46.4. The number of carbonyl (C=O) groups excluding carboxylic acids is 4. The first-order valence-electron chi connectivity index (χ1n) is 25.7. The predicted molar refractivity (Wildman–Crippen MR) is 285 cm³/mol. The summed E-state index contributed by atoms with van der Waals surface area (Å²) >= 11 is 1.63. The second kappa shape index (κ2) is 33.2. The molecule has 1 aromatic heterocycles. The lowest BCUT2D eigenvalue weighted by Gasteiger charge is -2.35. The Balaban J connectivity index is 0.000000430. The van der Waals surface area contributed by atoms with Crippen LogP contribution in [0.1, 0.15) is 125 Å². The van der Waals surface area contributed by atoms with Crippen molar-refractivity contribution in [2.45, 2.75) is 145 Å². The third kappa shape index (κ3) is 22.7. The minimum absolute atomic E-state index is 0.00402. The number of aliphatic hydroxyl groups excluding tert-OH is 1. The molecule has 16 nitrogen and oxygen atoms in total. The standard InChI is InChI=1S/C36H57NO10.C10H13NO.C6H11NO.C4H5NS/c1-25-22-26(2)31(27(3)23-25)32-33(39)36(47-34(32)40)10-8-29(9-11-36)46-21-20-44-17-16-42-13-12-41-14-15-43-18-19-45-24-30(38)37-28(4)35(5,6)7;1-8-3-5-10(6-4-8)9(2)11-7-12;1-6-3-2-4-7(6)5-8;1-4-2-6-3-5-4/h22-23,28-29,39H,8-21,24H2,1-7H3,(H,37,38);3-7,9H,1-2H3,(H,11,12);5-6H,2-4H2,1H3;2-3H,1H3. The van der Waals surface area contributed by atoms with E-state index in [-0.39, 0.29) is 41.9 Å². The van der Waals surface area contributed by atoms with Crippen LogP contribution in [0, 0.1) is 40.0 Å². The molecule has 6 rings (SSSR count). The van der Waals surface area contributed by atoms with Gasteiger partial charge in [0.2, 0.25) is 18.7 Å². The number of thiazole rings is 1. The van der Waals surface area contributed by atoms with Gasteiger partial charge in [0.15, 0.2) is 11.4 Å². The lowest BCUT2D eigenvalue weighted by molar-refractivity contribution is -0.152. The maximum absolute atomic E-state index is 12.9. The first-order valence-corrected chi connectivity index (χ1v) is 26.6. The maximum atomic E-state index is 12.9. The van der Waals surface area contributed by atoms with Crippen molar-refractivity contribution in [2.75, 3.05) is 79.2 Å². The molecule has 1 aliphatic carbocycles. The fraction of sp³-hybridized carbons (Fsp3) is 0.625. The normalized spacial score (nSPS) is 19.1. The molecule has 2 aliphatic heterocycles. The Bertz CT molecular complexity index is 2080. The Morgan fingerprint density at radius 2 is 1.40 bits per heavy atom. The number of nitrogens with one attached hydrogen (secondary N) is 2. The van der Waals surface area contributed by atoms with Crippen LogP contribution < -0.4 is 10.6 Å². The van der Waals surface area contributed by atoms with Gasteiger partial charge >= 0.3 is 5.97 Å². The summed E-state index contributed by atoms with van der Waals surface area (Å²) < 4.78 is 39.3. The van der Waals surface area contributed by atoms with Crippen molar-refractivity contribution in [1.82, 2.24) is 20.5 Å². The molecular formula is C56H86N4O12S. The van der Waals surface area contributed by atoms with Gasteiger partial charge in [-0.1, -0.05) is 68.3 Å². The third-order valence-electron chi connectivity index (χ3n) is 13.0. The van der Waals surface area contributed by atoms with Crippen molar-refractivity contribution >= 4 is 41.6 Å². The average Bonchev–Trinajstić information content (AvgIpc) is 4.06.